The highest BCUT2D eigenvalue weighted by molar-refractivity contribution is 5.51. The number of anilines is 1. The van der Waals surface area contributed by atoms with Crippen LogP contribution < -0.4 is 5.73 Å². The lowest BCUT2D eigenvalue weighted by atomic mass is 9.94. The third-order valence-electron chi connectivity index (χ3n) is 3.89. The van der Waals surface area contributed by atoms with E-state index in [4.69, 9.17) is 11.0 Å². The first-order chi connectivity index (χ1) is 8.70. The SMILES string of the molecule is CN(Cc1cc(C#N)ccc1N)C1CCCCC1. The van der Waals surface area contributed by atoms with Crippen LogP contribution in [0.15, 0.2) is 18.2 Å². The summed E-state index contributed by atoms with van der Waals surface area (Å²) < 4.78 is 0. The molecule has 18 heavy (non-hydrogen) atoms. The molecule has 0 aromatic heterocycles. The molecule has 1 aromatic rings. The molecule has 3 heteroatoms. The van der Waals surface area contributed by atoms with Crippen molar-refractivity contribution in [3.63, 3.8) is 0 Å². The van der Waals surface area contributed by atoms with E-state index >= 15 is 0 Å². The highest BCUT2D eigenvalue weighted by Crippen LogP contribution is 2.24. The molecule has 96 valence electrons. The van der Waals surface area contributed by atoms with E-state index < -0.39 is 0 Å². The predicted octanol–water partition coefficient (Wildman–Crippen LogP) is 2.90. The second-order valence-corrected chi connectivity index (χ2v) is 5.23. The molecule has 2 N–H and O–H groups in total. The lowest BCUT2D eigenvalue weighted by Crippen LogP contribution is -2.33. The first kappa shape index (κ1) is 12.9. The van der Waals surface area contributed by atoms with Gasteiger partial charge in [0.1, 0.15) is 0 Å². The second kappa shape index (κ2) is 5.88. The third kappa shape index (κ3) is 3.02. The summed E-state index contributed by atoms with van der Waals surface area (Å²) in [7, 11) is 2.16. The zero-order chi connectivity index (χ0) is 13.0. The van der Waals surface area contributed by atoms with Gasteiger partial charge in [-0.15, -0.1) is 0 Å². The monoisotopic (exact) mass is 243 g/mol. The molecule has 1 aromatic carbocycles. The van der Waals surface area contributed by atoms with Crippen molar-refractivity contribution in [1.82, 2.24) is 4.90 Å². The largest absolute Gasteiger partial charge is 0.398 e. The molecule has 0 radical (unpaired) electrons. The maximum absolute atomic E-state index is 8.93. The highest BCUT2D eigenvalue weighted by Gasteiger charge is 2.18. The maximum atomic E-state index is 8.93. The summed E-state index contributed by atoms with van der Waals surface area (Å²) in [5.41, 5.74) is 8.54. The summed E-state index contributed by atoms with van der Waals surface area (Å²) in [6, 6.07) is 8.37. The molecule has 0 saturated heterocycles. The van der Waals surface area contributed by atoms with Gasteiger partial charge in [0.2, 0.25) is 0 Å². The number of hydrogen-bond acceptors (Lipinski definition) is 3. The molecule has 0 heterocycles. The standard InChI is InChI=1S/C15H21N3/c1-18(14-5-3-2-4-6-14)11-13-9-12(10-16)7-8-15(13)17/h7-9,14H,2-6,11,17H2,1H3. The minimum Gasteiger partial charge on any atom is -0.398 e. The van der Waals surface area contributed by atoms with Gasteiger partial charge >= 0.3 is 0 Å². The molecule has 0 bridgehead atoms. The van der Waals surface area contributed by atoms with Crippen molar-refractivity contribution in [2.45, 2.75) is 44.7 Å². The van der Waals surface area contributed by atoms with E-state index in [1.807, 2.05) is 12.1 Å². The number of nitriles is 1. The van der Waals surface area contributed by atoms with Crippen molar-refractivity contribution in [2.75, 3.05) is 12.8 Å². The Hall–Kier alpha value is -1.53. The Balaban J connectivity index is 2.06. The van der Waals surface area contributed by atoms with E-state index in [-0.39, 0.29) is 0 Å². The molecule has 1 aliphatic rings. The molecule has 0 spiro atoms. The maximum Gasteiger partial charge on any atom is 0.0991 e. The molecule has 3 nitrogen and oxygen atoms in total. The molecule has 0 amide bonds. The van der Waals surface area contributed by atoms with Gasteiger partial charge in [0.05, 0.1) is 11.6 Å². The number of hydrogen-bond donors (Lipinski definition) is 1. The summed E-state index contributed by atoms with van der Waals surface area (Å²) in [6.07, 6.45) is 6.62. The summed E-state index contributed by atoms with van der Waals surface area (Å²) in [6.45, 7) is 0.839. The van der Waals surface area contributed by atoms with Crippen LogP contribution in [0.5, 0.6) is 0 Å². The van der Waals surface area contributed by atoms with E-state index in [0.29, 0.717) is 11.6 Å². The van der Waals surface area contributed by atoms with Gasteiger partial charge in [-0.3, -0.25) is 4.90 Å². The molecular weight excluding hydrogens is 222 g/mol. The van der Waals surface area contributed by atoms with Gasteiger partial charge < -0.3 is 5.73 Å². The van der Waals surface area contributed by atoms with Crippen molar-refractivity contribution in [3.05, 3.63) is 29.3 Å². The van der Waals surface area contributed by atoms with Gasteiger partial charge in [-0.25, -0.2) is 0 Å². The van der Waals surface area contributed by atoms with Crippen molar-refractivity contribution in [1.29, 1.82) is 5.26 Å². The molecule has 1 aliphatic carbocycles. The normalized spacial score (nSPS) is 16.7. The Labute approximate surface area is 109 Å². The molecule has 2 rings (SSSR count). The van der Waals surface area contributed by atoms with E-state index in [0.717, 1.165) is 17.8 Å². The minimum absolute atomic E-state index is 0.670. The summed E-state index contributed by atoms with van der Waals surface area (Å²) in [4.78, 5) is 2.38. The smallest absolute Gasteiger partial charge is 0.0991 e. The molecular formula is C15H21N3. The Morgan fingerprint density at radius 2 is 2.06 bits per heavy atom. The van der Waals surface area contributed by atoms with Crippen LogP contribution in [0, 0.1) is 11.3 Å². The number of nitrogens with zero attached hydrogens (tertiary/aromatic N) is 2. The Morgan fingerprint density at radius 1 is 1.33 bits per heavy atom. The number of nitrogen functional groups attached to an aromatic ring is 1. The number of benzene rings is 1. The Bertz CT molecular complexity index is 442. The lowest BCUT2D eigenvalue weighted by Gasteiger charge is -2.31. The third-order valence-corrected chi connectivity index (χ3v) is 3.89. The van der Waals surface area contributed by atoms with Crippen molar-refractivity contribution >= 4 is 5.69 Å². The van der Waals surface area contributed by atoms with Gasteiger partial charge in [0.15, 0.2) is 0 Å². The van der Waals surface area contributed by atoms with E-state index in [1.54, 1.807) is 6.07 Å². The second-order valence-electron chi connectivity index (χ2n) is 5.23. The van der Waals surface area contributed by atoms with Crippen LogP contribution in [0.2, 0.25) is 0 Å². The topological polar surface area (TPSA) is 53.0 Å². The molecule has 0 atom stereocenters. The van der Waals surface area contributed by atoms with Gasteiger partial charge in [-0.2, -0.15) is 5.26 Å². The van der Waals surface area contributed by atoms with Crippen LogP contribution in [0.3, 0.4) is 0 Å². The van der Waals surface area contributed by atoms with Crippen molar-refractivity contribution < 1.29 is 0 Å². The fraction of sp³-hybridized carbons (Fsp3) is 0.533. The Morgan fingerprint density at radius 3 is 2.72 bits per heavy atom. The average molecular weight is 243 g/mol. The zero-order valence-corrected chi connectivity index (χ0v) is 11.0. The molecule has 1 saturated carbocycles. The van der Waals surface area contributed by atoms with Gasteiger partial charge in [0.25, 0.3) is 0 Å². The predicted molar refractivity (Wildman–Crippen MR) is 73.9 cm³/mol. The lowest BCUT2D eigenvalue weighted by molar-refractivity contribution is 0.185. The van der Waals surface area contributed by atoms with E-state index in [1.165, 1.54) is 32.1 Å². The summed E-state index contributed by atoms with van der Waals surface area (Å²) >= 11 is 0. The number of rotatable bonds is 3. The van der Waals surface area contributed by atoms with Gasteiger partial charge in [-0.05, 0) is 43.7 Å². The van der Waals surface area contributed by atoms with Gasteiger partial charge in [-0.1, -0.05) is 19.3 Å². The first-order valence-corrected chi connectivity index (χ1v) is 6.69. The van der Waals surface area contributed by atoms with Crippen LogP contribution >= 0.6 is 0 Å². The first-order valence-electron chi connectivity index (χ1n) is 6.69. The highest BCUT2D eigenvalue weighted by atomic mass is 15.1. The molecule has 0 aliphatic heterocycles. The summed E-state index contributed by atoms with van der Waals surface area (Å²) in [5.74, 6) is 0. The van der Waals surface area contributed by atoms with Crippen LogP contribution in [0.4, 0.5) is 5.69 Å². The van der Waals surface area contributed by atoms with Crippen LogP contribution in [0.25, 0.3) is 0 Å². The quantitative estimate of drug-likeness (QED) is 0.830. The van der Waals surface area contributed by atoms with E-state index in [2.05, 4.69) is 18.0 Å². The molecule has 1 fully saturated rings. The molecule has 0 unspecified atom stereocenters. The average Bonchev–Trinajstić information content (AvgIpc) is 2.42. The van der Waals surface area contributed by atoms with Crippen LogP contribution in [-0.4, -0.2) is 18.0 Å². The van der Waals surface area contributed by atoms with Crippen LogP contribution in [-0.2, 0) is 6.54 Å². The zero-order valence-electron chi connectivity index (χ0n) is 11.0. The Kier molecular flexibility index (Phi) is 4.22. The fourth-order valence-corrected chi connectivity index (χ4v) is 2.73. The van der Waals surface area contributed by atoms with Crippen LogP contribution in [0.1, 0.15) is 43.2 Å². The van der Waals surface area contributed by atoms with Gasteiger partial charge in [0, 0.05) is 18.3 Å². The minimum atomic E-state index is 0.670. The van der Waals surface area contributed by atoms with Crippen molar-refractivity contribution in [2.24, 2.45) is 0 Å². The number of nitrogens with two attached hydrogens (primary N) is 1. The fourth-order valence-electron chi connectivity index (χ4n) is 2.73. The van der Waals surface area contributed by atoms with Crippen molar-refractivity contribution in [3.8, 4) is 6.07 Å². The summed E-state index contributed by atoms with van der Waals surface area (Å²) in [5, 5.41) is 8.93. The van der Waals surface area contributed by atoms with E-state index in [9.17, 15) is 0 Å².